The zero-order valence-corrected chi connectivity index (χ0v) is 15.8. The van der Waals surface area contributed by atoms with Crippen LogP contribution in [-0.4, -0.2) is 55.0 Å². The third-order valence-electron chi connectivity index (χ3n) is 4.78. The molecule has 0 aromatic heterocycles. The van der Waals surface area contributed by atoms with E-state index >= 15 is 0 Å². The van der Waals surface area contributed by atoms with Gasteiger partial charge in [-0.3, -0.25) is 14.4 Å². The van der Waals surface area contributed by atoms with Crippen LogP contribution >= 0.6 is 0 Å². The first-order valence-corrected chi connectivity index (χ1v) is 9.50. The smallest absolute Gasteiger partial charge is 0.325 e. The molecule has 0 radical (unpaired) electrons. The largest absolute Gasteiger partial charge is 0.479 e. The minimum Gasteiger partial charge on any atom is -0.479 e. The summed E-state index contributed by atoms with van der Waals surface area (Å²) in [5.74, 6) is 0.403. The van der Waals surface area contributed by atoms with E-state index in [1.54, 1.807) is 23.6 Å². The van der Waals surface area contributed by atoms with Crippen molar-refractivity contribution in [1.82, 2.24) is 4.90 Å². The van der Waals surface area contributed by atoms with E-state index in [1.165, 1.54) is 0 Å². The molecule has 0 spiro atoms. The van der Waals surface area contributed by atoms with Gasteiger partial charge < -0.3 is 19.3 Å². The molecule has 7 nitrogen and oxygen atoms in total. The lowest BCUT2D eigenvalue weighted by Gasteiger charge is -2.33. The van der Waals surface area contributed by atoms with E-state index in [0.29, 0.717) is 30.5 Å². The van der Waals surface area contributed by atoms with Crippen LogP contribution in [0.2, 0.25) is 0 Å². The highest BCUT2D eigenvalue weighted by Crippen LogP contribution is 2.34. The fraction of sp³-hybridized carbons (Fsp3) is 0.550. The van der Waals surface area contributed by atoms with Crippen LogP contribution in [0.5, 0.6) is 5.75 Å². The maximum absolute atomic E-state index is 12.7. The van der Waals surface area contributed by atoms with Crippen molar-refractivity contribution in [2.24, 2.45) is 5.92 Å². The number of ether oxygens (including phenoxy) is 2. The van der Waals surface area contributed by atoms with Gasteiger partial charge in [-0.05, 0) is 44.7 Å². The summed E-state index contributed by atoms with van der Waals surface area (Å²) in [5.41, 5.74) is 0.674. The second-order valence-electron chi connectivity index (χ2n) is 6.99. The fourth-order valence-electron chi connectivity index (χ4n) is 3.18. The Hall–Kier alpha value is -2.57. The standard InChI is InChI=1S/C20H26N2O5/c1-3-26-19(24)13-21(12-15-8-9-15)18(23)10-11-22-16-6-4-5-7-17(16)27-14(2)20(22)25/h4-7,14-15H,3,8-13H2,1-2H3. The maximum Gasteiger partial charge on any atom is 0.325 e. The van der Waals surface area contributed by atoms with Gasteiger partial charge in [0.25, 0.3) is 5.91 Å². The molecule has 1 aromatic rings. The number of hydrogen-bond acceptors (Lipinski definition) is 5. The number of para-hydroxylation sites is 2. The van der Waals surface area contributed by atoms with Crippen molar-refractivity contribution in [2.45, 2.75) is 39.2 Å². The van der Waals surface area contributed by atoms with Crippen molar-refractivity contribution in [2.75, 3.05) is 31.1 Å². The van der Waals surface area contributed by atoms with Crippen molar-refractivity contribution in [1.29, 1.82) is 0 Å². The number of carbonyl (C=O) groups excluding carboxylic acids is 3. The molecule has 1 aromatic carbocycles. The molecular formula is C20H26N2O5. The summed E-state index contributed by atoms with van der Waals surface area (Å²) < 4.78 is 10.6. The molecule has 0 N–H and O–H groups in total. The Morgan fingerprint density at radius 1 is 1.30 bits per heavy atom. The fourth-order valence-corrected chi connectivity index (χ4v) is 3.18. The normalized spacial score (nSPS) is 18.5. The number of amides is 2. The molecule has 1 heterocycles. The summed E-state index contributed by atoms with van der Waals surface area (Å²) in [5, 5.41) is 0. The molecular weight excluding hydrogens is 348 g/mol. The third-order valence-corrected chi connectivity index (χ3v) is 4.78. The van der Waals surface area contributed by atoms with Crippen molar-refractivity contribution in [3.63, 3.8) is 0 Å². The molecule has 146 valence electrons. The SMILES string of the molecule is CCOC(=O)CN(CC1CC1)C(=O)CCN1C(=O)C(C)Oc2ccccc21. The zero-order chi connectivity index (χ0) is 19.4. The van der Waals surface area contributed by atoms with Crippen LogP contribution in [0.4, 0.5) is 5.69 Å². The Balaban J connectivity index is 1.65. The highest BCUT2D eigenvalue weighted by molar-refractivity contribution is 6.00. The van der Waals surface area contributed by atoms with Gasteiger partial charge in [-0.2, -0.15) is 0 Å². The van der Waals surface area contributed by atoms with Crippen LogP contribution in [0, 0.1) is 5.92 Å². The molecule has 27 heavy (non-hydrogen) atoms. The van der Waals surface area contributed by atoms with Crippen molar-refractivity contribution in [3.05, 3.63) is 24.3 Å². The number of hydrogen-bond donors (Lipinski definition) is 0. The molecule has 1 aliphatic carbocycles. The van der Waals surface area contributed by atoms with Crippen LogP contribution in [0.3, 0.4) is 0 Å². The second kappa shape index (κ2) is 8.41. The van der Waals surface area contributed by atoms with E-state index in [2.05, 4.69) is 0 Å². The molecule has 1 fully saturated rings. The highest BCUT2D eigenvalue weighted by Gasteiger charge is 2.33. The van der Waals surface area contributed by atoms with E-state index in [4.69, 9.17) is 9.47 Å². The number of benzene rings is 1. The van der Waals surface area contributed by atoms with Crippen LogP contribution < -0.4 is 9.64 Å². The van der Waals surface area contributed by atoms with Gasteiger partial charge in [0.2, 0.25) is 5.91 Å². The zero-order valence-electron chi connectivity index (χ0n) is 15.8. The summed E-state index contributed by atoms with van der Waals surface area (Å²) in [4.78, 5) is 40.3. The summed E-state index contributed by atoms with van der Waals surface area (Å²) in [6, 6.07) is 7.30. The van der Waals surface area contributed by atoms with Gasteiger partial charge in [-0.25, -0.2) is 0 Å². The summed E-state index contributed by atoms with van der Waals surface area (Å²) in [7, 11) is 0. The molecule has 2 amide bonds. The van der Waals surface area contributed by atoms with E-state index < -0.39 is 12.1 Å². The predicted octanol–water partition coefficient (Wildman–Crippen LogP) is 1.99. The topological polar surface area (TPSA) is 76.2 Å². The molecule has 1 aliphatic heterocycles. The predicted molar refractivity (Wildman–Crippen MR) is 99.4 cm³/mol. The molecule has 7 heteroatoms. The van der Waals surface area contributed by atoms with Crippen molar-refractivity contribution < 1.29 is 23.9 Å². The quantitative estimate of drug-likeness (QED) is 0.651. The van der Waals surface area contributed by atoms with E-state index in [9.17, 15) is 14.4 Å². The van der Waals surface area contributed by atoms with Crippen molar-refractivity contribution in [3.8, 4) is 5.75 Å². The van der Waals surface area contributed by atoms with Gasteiger partial charge in [-0.1, -0.05) is 12.1 Å². The van der Waals surface area contributed by atoms with Gasteiger partial charge in [0.05, 0.1) is 12.3 Å². The number of fused-ring (bicyclic) bond motifs is 1. The lowest BCUT2D eigenvalue weighted by Crippen LogP contribution is -2.46. The van der Waals surface area contributed by atoms with Gasteiger partial charge in [0.1, 0.15) is 12.3 Å². The van der Waals surface area contributed by atoms with E-state index in [-0.39, 0.29) is 31.3 Å². The Bertz CT molecular complexity index is 716. The van der Waals surface area contributed by atoms with E-state index in [0.717, 1.165) is 12.8 Å². The number of esters is 1. The summed E-state index contributed by atoms with van der Waals surface area (Å²) in [6.07, 6.45) is 1.73. The van der Waals surface area contributed by atoms with E-state index in [1.807, 2.05) is 24.3 Å². The minimum atomic E-state index is -0.586. The Morgan fingerprint density at radius 3 is 2.74 bits per heavy atom. The summed E-state index contributed by atoms with van der Waals surface area (Å²) in [6.45, 7) is 4.53. The maximum atomic E-state index is 12.7. The minimum absolute atomic E-state index is 0.0345. The molecule has 1 atom stereocenters. The first-order valence-electron chi connectivity index (χ1n) is 9.50. The molecule has 1 saturated carbocycles. The lowest BCUT2D eigenvalue weighted by atomic mass is 10.1. The van der Waals surface area contributed by atoms with Gasteiger partial charge in [-0.15, -0.1) is 0 Å². The van der Waals surface area contributed by atoms with Gasteiger partial charge in [0.15, 0.2) is 6.10 Å². The third kappa shape index (κ3) is 4.78. The van der Waals surface area contributed by atoms with Gasteiger partial charge >= 0.3 is 5.97 Å². The average Bonchev–Trinajstić information content (AvgIpc) is 3.45. The molecule has 3 rings (SSSR count). The summed E-state index contributed by atoms with van der Waals surface area (Å²) >= 11 is 0. The van der Waals surface area contributed by atoms with Gasteiger partial charge in [0, 0.05) is 19.5 Å². The average molecular weight is 374 g/mol. The number of nitrogens with zero attached hydrogens (tertiary/aromatic N) is 2. The number of rotatable bonds is 8. The number of carbonyl (C=O) groups is 3. The second-order valence-corrected chi connectivity index (χ2v) is 6.99. The lowest BCUT2D eigenvalue weighted by molar-refractivity contribution is -0.149. The van der Waals surface area contributed by atoms with Crippen molar-refractivity contribution >= 4 is 23.5 Å². The van der Waals surface area contributed by atoms with Crippen LogP contribution in [0.25, 0.3) is 0 Å². The monoisotopic (exact) mass is 374 g/mol. The molecule has 1 unspecified atom stereocenters. The first-order chi connectivity index (χ1) is 13.0. The van der Waals surface area contributed by atoms with Crippen LogP contribution in [-0.2, 0) is 19.1 Å². The van der Waals surface area contributed by atoms with Crippen LogP contribution in [0.15, 0.2) is 24.3 Å². The Labute approximate surface area is 159 Å². The molecule has 2 aliphatic rings. The molecule has 0 saturated heterocycles. The number of anilines is 1. The van der Waals surface area contributed by atoms with Crippen LogP contribution in [0.1, 0.15) is 33.1 Å². The Morgan fingerprint density at radius 2 is 2.04 bits per heavy atom. The Kier molecular flexibility index (Phi) is 5.98. The molecule has 0 bridgehead atoms. The highest BCUT2D eigenvalue weighted by atomic mass is 16.5. The first kappa shape index (κ1) is 19.2.